The molecule has 0 aliphatic carbocycles. The molecule has 1 unspecified atom stereocenters. The van der Waals surface area contributed by atoms with Gasteiger partial charge in [0, 0.05) is 31.5 Å². The average Bonchev–Trinajstić information content (AvgIpc) is 2.70. The lowest BCUT2D eigenvalue weighted by atomic mass is 9.93. The molecule has 0 fully saturated rings. The fourth-order valence-electron chi connectivity index (χ4n) is 3.68. The van der Waals surface area contributed by atoms with E-state index < -0.39 is 5.66 Å². The first-order chi connectivity index (χ1) is 14.0. The molecule has 1 aliphatic heterocycles. The monoisotopic (exact) mass is 396 g/mol. The predicted octanol–water partition coefficient (Wildman–Crippen LogP) is 4.89. The van der Waals surface area contributed by atoms with Crippen LogP contribution < -0.4 is 10.1 Å². The predicted molar refractivity (Wildman–Crippen MR) is 116 cm³/mol. The number of nitrogens with zero attached hydrogens (tertiary/aromatic N) is 1. The largest absolute Gasteiger partial charge is 0.494 e. The van der Waals surface area contributed by atoms with Crippen molar-refractivity contribution in [1.29, 1.82) is 0 Å². The standard InChI is InChI=1S/C24H32N2O3/c1-18(2)13-16-29-20-10-7-9-19(17-20)24(3)25-22-12-6-5-11-21(22)23(27)26(24)14-8-15-28-4/h5-7,9-12,17-18,25H,8,13-16H2,1-4H3. The number of amides is 1. The molecule has 29 heavy (non-hydrogen) atoms. The minimum absolute atomic E-state index is 0.0316. The summed E-state index contributed by atoms with van der Waals surface area (Å²) >= 11 is 0. The first-order valence-electron chi connectivity index (χ1n) is 10.4. The first-order valence-corrected chi connectivity index (χ1v) is 10.4. The summed E-state index contributed by atoms with van der Waals surface area (Å²) in [4.78, 5) is 15.2. The van der Waals surface area contributed by atoms with Gasteiger partial charge in [0.25, 0.3) is 5.91 Å². The molecular formula is C24H32N2O3. The fraction of sp³-hybridized carbons (Fsp3) is 0.458. The summed E-state index contributed by atoms with van der Waals surface area (Å²) < 4.78 is 11.2. The van der Waals surface area contributed by atoms with Crippen molar-refractivity contribution in [2.45, 2.75) is 39.3 Å². The Morgan fingerprint density at radius 1 is 1.10 bits per heavy atom. The topological polar surface area (TPSA) is 50.8 Å². The molecule has 0 bridgehead atoms. The van der Waals surface area contributed by atoms with Crippen LogP contribution in [-0.2, 0) is 10.4 Å². The quantitative estimate of drug-likeness (QED) is 0.613. The number of carbonyl (C=O) groups excluding carboxylic acids is 1. The number of benzene rings is 2. The van der Waals surface area contributed by atoms with Crippen molar-refractivity contribution in [2.24, 2.45) is 5.92 Å². The van der Waals surface area contributed by atoms with E-state index in [1.54, 1.807) is 7.11 Å². The third-order valence-electron chi connectivity index (χ3n) is 5.41. The van der Waals surface area contributed by atoms with Crippen LogP contribution in [0, 0.1) is 5.92 Å². The molecule has 2 aromatic rings. The van der Waals surface area contributed by atoms with Crippen LogP contribution in [0.3, 0.4) is 0 Å². The van der Waals surface area contributed by atoms with Crippen molar-refractivity contribution in [3.8, 4) is 5.75 Å². The number of para-hydroxylation sites is 1. The van der Waals surface area contributed by atoms with Crippen molar-refractivity contribution in [2.75, 3.05) is 32.2 Å². The number of methoxy groups -OCH3 is 1. The number of rotatable bonds is 9. The van der Waals surface area contributed by atoms with Gasteiger partial charge in [-0.1, -0.05) is 38.1 Å². The van der Waals surface area contributed by atoms with Crippen LogP contribution >= 0.6 is 0 Å². The van der Waals surface area contributed by atoms with Crippen LogP contribution in [0.4, 0.5) is 5.69 Å². The van der Waals surface area contributed by atoms with Crippen molar-refractivity contribution in [1.82, 2.24) is 4.90 Å². The van der Waals surface area contributed by atoms with Crippen molar-refractivity contribution < 1.29 is 14.3 Å². The van der Waals surface area contributed by atoms with Gasteiger partial charge in [-0.2, -0.15) is 0 Å². The van der Waals surface area contributed by atoms with Crippen LogP contribution in [-0.4, -0.2) is 37.7 Å². The Morgan fingerprint density at radius 2 is 1.90 bits per heavy atom. The van der Waals surface area contributed by atoms with Crippen molar-refractivity contribution in [3.63, 3.8) is 0 Å². The van der Waals surface area contributed by atoms with Gasteiger partial charge in [0.1, 0.15) is 11.4 Å². The maximum atomic E-state index is 13.3. The lowest BCUT2D eigenvalue weighted by Gasteiger charge is -2.47. The Labute approximate surface area is 174 Å². The highest BCUT2D eigenvalue weighted by Crippen LogP contribution is 2.38. The summed E-state index contributed by atoms with van der Waals surface area (Å²) in [6, 6.07) is 15.7. The van der Waals surface area contributed by atoms with E-state index in [4.69, 9.17) is 9.47 Å². The zero-order chi connectivity index (χ0) is 20.9. The molecule has 156 valence electrons. The third-order valence-corrected chi connectivity index (χ3v) is 5.41. The second kappa shape index (κ2) is 9.31. The fourth-order valence-corrected chi connectivity index (χ4v) is 3.68. The first kappa shape index (κ1) is 21.2. The second-order valence-corrected chi connectivity index (χ2v) is 8.10. The lowest BCUT2D eigenvalue weighted by molar-refractivity contribution is 0.0504. The van der Waals surface area contributed by atoms with Crippen LogP contribution in [0.2, 0.25) is 0 Å². The van der Waals surface area contributed by atoms with E-state index in [-0.39, 0.29) is 5.91 Å². The van der Waals surface area contributed by atoms with E-state index in [0.29, 0.717) is 31.2 Å². The Hall–Kier alpha value is -2.53. The van der Waals surface area contributed by atoms with E-state index in [0.717, 1.165) is 29.8 Å². The molecule has 2 aromatic carbocycles. The average molecular weight is 397 g/mol. The van der Waals surface area contributed by atoms with Crippen molar-refractivity contribution >= 4 is 11.6 Å². The molecule has 0 radical (unpaired) electrons. The molecular weight excluding hydrogens is 364 g/mol. The third kappa shape index (κ3) is 4.73. The van der Waals surface area contributed by atoms with Gasteiger partial charge in [-0.25, -0.2) is 0 Å². The smallest absolute Gasteiger partial charge is 0.258 e. The van der Waals surface area contributed by atoms with Gasteiger partial charge in [-0.15, -0.1) is 0 Å². The van der Waals surface area contributed by atoms with E-state index in [1.807, 2.05) is 53.4 Å². The molecule has 1 heterocycles. The van der Waals surface area contributed by atoms with E-state index in [1.165, 1.54) is 0 Å². The summed E-state index contributed by atoms with van der Waals surface area (Å²) in [5, 5.41) is 3.61. The summed E-state index contributed by atoms with van der Waals surface area (Å²) in [5.74, 6) is 1.46. The molecule has 1 N–H and O–H groups in total. The van der Waals surface area contributed by atoms with Crippen LogP contribution in [0.25, 0.3) is 0 Å². The molecule has 0 saturated carbocycles. The normalized spacial score (nSPS) is 18.5. The Balaban J connectivity index is 1.92. The summed E-state index contributed by atoms with van der Waals surface area (Å²) in [5.41, 5.74) is 1.89. The highest BCUT2D eigenvalue weighted by Gasteiger charge is 2.42. The molecule has 1 amide bonds. The lowest BCUT2D eigenvalue weighted by Crippen LogP contribution is -2.56. The number of nitrogens with one attached hydrogen (secondary N) is 1. The summed E-state index contributed by atoms with van der Waals surface area (Å²) in [6.07, 6.45) is 1.78. The number of carbonyl (C=O) groups is 1. The SMILES string of the molecule is COCCCN1C(=O)c2ccccc2NC1(C)c1cccc(OCCC(C)C)c1. The molecule has 3 rings (SSSR count). The molecule has 1 aliphatic rings. The van der Waals surface area contributed by atoms with E-state index in [9.17, 15) is 4.79 Å². The minimum atomic E-state index is -0.670. The van der Waals surface area contributed by atoms with E-state index in [2.05, 4.69) is 26.1 Å². The van der Waals surface area contributed by atoms with Gasteiger partial charge in [0.15, 0.2) is 0 Å². The molecule has 5 heteroatoms. The highest BCUT2D eigenvalue weighted by molar-refractivity contribution is 6.02. The highest BCUT2D eigenvalue weighted by atomic mass is 16.5. The van der Waals surface area contributed by atoms with Gasteiger partial charge >= 0.3 is 0 Å². The molecule has 0 aromatic heterocycles. The van der Waals surface area contributed by atoms with Gasteiger partial charge < -0.3 is 19.7 Å². The maximum absolute atomic E-state index is 13.3. The number of ether oxygens (including phenoxy) is 2. The Bertz CT molecular complexity index is 836. The minimum Gasteiger partial charge on any atom is -0.494 e. The maximum Gasteiger partial charge on any atom is 0.258 e. The molecule has 5 nitrogen and oxygen atoms in total. The second-order valence-electron chi connectivity index (χ2n) is 8.10. The summed E-state index contributed by atoms with van der Waals surface area (Å²) in [6.45, 7) is 8.33. The van der Waals surface area contributed by atoms with Gasteiger partial charge in [0.2, 0.25) is 0 Å². The number of hydrogen-bond acceptors (Lipinski definition) is 4. The number of hydrogen-bond donors (Lipinski definition) is 1. The molecule has 1 atom stereocenters. The van der Waals surface area contributed by atoms with Gasteiger partial charge in [-0.05, 0) is 49.9 Å². The summed E-state index contributed by atoms with van der Waals surface area (Å²) in [7, 11) is 1.68. The molecule has 0 saturated heterocycles. The van der Waals surface area contributed by atoms with Gasteiger partial charge in [-0.3, -0.25) is 4.79 Å². The zero-order valence-electron chi connectivity index (χ0n) is 17.9. The van der Waals surface area contributed by atoms with Crippen molar-refractivity contribution in [3.05, 3.63) is 59.7 Å². The van der Waals surface area contributed by atoms with Crippen LogP contribution in [0.15, 0.2) is 48.5 Å². The van der Waals surface area contributed by atoms with Gasteiger partial charge in [0.05, 0.1) is 12.2 Å². The molecule has 0 spiro atoms. The Morgan fingerprint density at radius 3 is 2.66 bits per heavy atom. The Kier molecular flexibility index (Phi) is 6.80. The zero-order valence-corrected chi connectivity index (χ0v) is 17.9. The number of fused-ring (bicyclic) bond motifs is 1. The van der Waals surface area contributed by atoms with E-state index >= 15 is 0 Å². The number of anilines is 1. The van der Waals surface area contributed by atoms with Crippen LogP contribution in [0.1, 0.15) is 49.5 Å². The van der Waals surface area contributed by atoms with Crippen LogP contribution in [0.5, 0.6) is 5.75 Å².